The molecule has 1 aromatic rings. The summed E-state index contributed by atoms with van der Waals surface area (Å²) in [4.78, 5) is 31.7. The first-order valence-corrected chi connectivity index (χ1v) is 11.9. The van der Waals surface area contributed by atoms with Crippen molar-refractivity contribution >= 4 is 12.1 Å². The van der Waals surface area contributed by atoms with Gasteiger partial charge in [0.15, 0.2) is 6.23 Å². The number of rotatable bonds is 8. The highest BCUT2D eigenvalue weighted by Crippen LogP contribution is 2.30. The predicted molar refractivity (Wildman–Crippen MR) is 121 cm³/mol. The first kappa shape index (κ1) is 23.0. The lowest BCUT2D eigenvalue weighted by Crippen LogP contribution is -2.54. The van der Waals surface area contributed by atoms with Gasteiger partial charge in [-0.15, -0.1) is 0 Å². The molecule has 0 spiro atoms. The molecule has 176 valence electrons. The van der Waals surface area contributed by atoms with E-state index in [1.54, 1.807) is 4.90 Å². The van der Waals surface area contributed by atoms with E-state index in [9.17, 15) is 9.59 Å². The Morgan fingerprint density at radius 2 is 1.69 bits per heavy atom. The minimum absolute atomic E-state index is 0.0656. The number of aliphatic carboxylic acids is 1. The van der Waals surface area contributed by atoms with Gasteiger partial charge in [0.2, 0.25) is 0 Å². The van der Waals surface area contributed by atoms with Gasteiger partial charge in [-0.05, 0) is 50.3 Å². The molecule has 3 heterocycles. The first-order valence-electron chi connectivity index (χ1n) is 11.9. The van der Waals surface area contributed by atoms with Crippen molar-refractivity contribution in [3.05, 3.63) is 35.9 Å². The number of carbonyl (C=O) groups is 2. The van der Waals surface area contributed by atoms with Crippen molar-refractivity contribution in [2.45, 2.75) is 44.5 Å². The third-order valence-corrected chi connectivity index (χ3v) is 7.29. The fourth-order valence-corrected chi connectivity index (χ4v) is 5.29. The molecule has 2 unspecified atom stereocenters. The third-order valence-electron chi connectivity index (χ3n) is 7.29. The quantitative estimate of drug-likeness (QED) is 0.658. The van der Waals surface area contributed by atoms with Gasteiger partial charge in [-0.2, -0.15) is 0 Å². The Bertz CT molecular complexity index is 761. The van der Waals surface area contributed by atoms with Crippen molar-refractivity contribution in [1.82, 2.24) is 19.6 Å². The molecule has 1 amide bonds. The lowest BCUT2D eigenvalue weighted by atomic mass is 9.90. The zero-order chi connectivity index (χ0) is 22.5. The number of likely N-dealkylation sites (tertiary alicyclic amines) is 1. The second-order valence-electron chi connectivity index (χ2n) is 9.44. The molecule has 1 aromatic carbocycles. The lowest BCUT2D eigenvalue weighted by Gasteiger charge is -2.38. The highest BCUT2D eigenvalue weighted by molar-refractivity contribution is 5.70. The molecule has 1 N–H and O–H groups in total. The van der Waals surface area contributed by atoms with Crippen LogP contribution >= 0.6 is 0 Å². The number of piperidine rings is 1. The molecule has 0 bridgehead atoms. The average molecular weight is 445 g/mol. The maximum atomic E-state index is 12.3. The molecule has 3 fully saturated rings. The molecule has 8 nitrogen and oxygen atoms in total. The van der Waals surface area contributed by atoms with Gasteiger partial charge >= 0.3 is 12.1 Å². The number of carbonyl (C=O) groups excluding carboxylic acids is 1. The highest BCUT2D eigenvalue weighted by atomic mass is 16.6. The molecule has 0 aliphatic carbocycles. The molecule has 3 aliphatic rings. The largest absolute Gasteiger partial charge is 0.480 e. The summed E-state index contributed by atoms with van der Waals surface area (Å²) in [6.45, 7) is 6.20. The smallest absolute Gasteiger partial charge is 0.411 e. The van der Waals surface area contributed by atoms with E-state index in [1.807, 2.05) is 11.9 Å². The van der Waals surface area contributed by atoms with Crippen molar-refractivity contribution in [2.24, 2.45) is 5.92 Å². The van der Waals surface area contributed by atoms with Gasteiger partial charge in [0, 0.05) is 39.8 Å². The first-order chi connectivity index (χ1) is 15.5. The highest BCUT2D eigenvalue weighted by Gasteiger charge is 2.43. The molecule has 32 heavy (non-hydrogen) atoms. The van der Waals surface area contributed by atoms with Crippen molar-refractivity contribution in [3.63, 3.8) is 0 Å². The summed E-state index contributed by atoms with van der Waals surface area (Å²) in [7, 11) is 1.84. The molecule has 3 saturated heterocycles. The normalized spacial score (nSPS) is 26.4. The van der Waals surface area contributed by atoms with Crippen LogP contribution in [0.1, 0.15) is 31.2 Å². The van der Waals surface area contributed by atoms with Crippen molar-refractivity contribution in [2.75, 3.05) is 52.9 Å². The summed E-state index contributed by atoms with van der Waals surface area (Å²) < 4.78 is 5.74. The Morgan fingerprint density at radius 1 is 1.00 bits per heavy atom. The number of piperazine rings is 1. The summed E-state index contributed by atoms with van der Waals surface area (Å²) in [5.74, 6) is -0.0997. The van der Waals surface area contributed by atoms with Gasteiger partial charge in [0.1, 0.15) is 0 Å². The van der Waals surface area contributed by atoms with Crippen LogP contribution in [0.25, 0.3) is 0 Å². The van der Waals surface area contributed by atoms with Crippen LogP contribution in [-0.4, -0.2) is 102 Å². The van der Waals surface area contributed by atoms with Crippen LogP contribution in [0, 0.1) is 5.92 Å². The maximum absolute atomic E-state index is 12.3. The SMILES string of the molecule is CN1C(=O)OC(N2CCN(CC(=O)O)CC2)C1CCC1CCN(Cc2ccccc2)CC1. The fourth-order valence-electron chi connectivity index (χ4n) is 5.29. The molecule has 2 atom stereocenters. The van der Waals surface area contributed by atoms with E-state index in [-0.39, 0.29) is 24.9 Å². The number of carboxylic acid groups (broad SMARTS) is 1. The monoisotopic (exact) mass is 444 g/mol. The summed E-state index contributed by atoms with van der Waals surface area (Å²) in [5, 5.41) is 9.00. The molecule has 4 rings (SSSR count). The van der Waals surface area contributed by atoms with Crippen LogP contribution in [0.15, 0.2) is 30.3 Å². The van der Waals surface area contributed by atoms with E-state index >= 15 is 0 Å². The van der Waals surface area contributed by atoms with Gasteiger partial charge < -0.3 is 14.7 Å². The Kier molecular flexibility index (Phi) is 7.65. The predicted octanol–water partition coefficient (Wildman–Crippen LogP) is 2.16. The van der Waals surface area contributed by atoms with Crippen LogP contribution < -0.4 is 0 Å². The zero-order valence-corrected chi connectivity index (χ0v) is 19.1. The van der Waals surface area contributed by atoms with Crippen LogP contribution in [0.5, 0.6) is 0 Å². The van der Waals surface area contributed by atoms with E-state index in [0.717, 1.165) is 45.6 Å². The molecule has 0 radical (unpaired) electrons. The summed E-state index contributed by atoms with van der Waals surface area (Å²) in [5.41, 5.74) is 1.38. The molecule has 8 heteroatoms. The average Bonchev–Trinajstić information content (AvgIpc) is 3.08. The Labute approximate surface area is 190 Å². The van der Waals surface area contributed by atoms with Crippen molar-refractivity contribution in [1.29, 1.82) is 0 Å². The van der Waals surface area contributed by atoms with E-state index in [4.69, 9.17) is 9.84 Å². The standard InChI is InChI=1S/C24H36N4O4/c1-25-21(23(32-24(25)31)28-15-13-27(14-16-28)18-22(29)30)8-7-19-9-11-26(12-10-19)17-20-5-3-2-4-6-20/h2-6,19,21,23H,7-18H2,1H3,(H,29,30). The number of carboxylic acids is 1. The molecule has 3 aliphatic heterocycles. The number of hydrogen-bond acceptors (Lipinski definition) is 6. The van der Waals surface area contributed by atoms with E-state index in [1.165, 1.54) is 18.4 Å². The van der Waals surface area contributed by atoms with Gasteiger partial charge in [0.05, 0.1) is 12.6 Å². The Balaban J connectivity index is 1.24. The number of amides is 1. The topological polar surface area (TPSA) is 76.6 Å². The van der Waals surface area contributed by atoms with Crippen LogP contribution in [0.2, 0.25) is 0 Å². The number of ether oxygens (including phenoxy) is 1. The number of benzene rings is 1. The lowest BCUT2D eigenvalue weighted by molar-refractivity contribution is -0.139. The van der Waals surface area contributed by atoms with Crippen LogP contribution in [0.4, 0.5) is 4.79 Å². The van der Waals surface area contributed by atoms with Gasteiger partial charge in [-0.1, -0.05) is 30.3 Å². The van der Waals surface area contributed by atoms with E-state index in [0.29, 0.717) is 19.0 Å². The van der Waals surface area contributed by atoms with Crippen molar-refractivity contribution in [3.8, 4) is 0 Å². The summed E-state index contributed by atoms with van der Waals surface area (Å²) in [6, 6.07) is 10.7. The Hall–Kier alpha value is -2.16. The summed E-state index contributed by atoms with van der Waals surface area (Å²) >= 11 is 0. The molecular weight excluding hydrogens is 408 g/mol. The van der Waals surface area contributed by atoms with Crippen LogP contribution in [0.3, 0.4) is 0 Å². The van der Waals surface area contributed by atoms with Gasteiger partial charge in [-0.25, -0.2) is 4.79 Å². The number of cyclic esters (lactones) is 1. The van der Waals surface area contributed by atoms with Crippen molar-refractivity contribution < 1.29 is 19.4 Å². The number of nitrogens with zero attached hydrogens (tertiary/aromatic N) is 4. The molecule has 0 aromatic heterocycles. The van der Waals surface area contributed by atoms with Gasteiger partial charge in [-0.3, -0.25) is 19.5 Å². The van der Waals surface area contributed by atoms with E-state index < -0.39 is 5.97 Å². The molecular formula is C24H36N4O4. The van der Waals surface area contributed by atoms with Gasteiger partial charge in [0.25, 0.3) is 0 Å². The third kappa shape index (κ3) is 5.79. The Morgan fingerprint density at radius 3 is 2.34 bits per heavy atom. The fraction of sp³-hybridized carbons (Fsp3) is 0.667. The second kappa shape index (κ2) is 10.6. The number of hydrogen-bond donors (Lipinski definition) is 1. The molecule has 0 saturated carbocycles. The minimum Gasteiger partial charge on any atom is -0.480 e. The van der Waals surface area contributed by atoms with E-state index in [2.05, 4.69) is 40.1 Å². The maximum Gasteiger partial charge on any atom is 0.411 e. The summed E-state index contributed by atoms with van der Waals surface area (Å²) in [6.07, 6.45) is 4.00. The number of likely N-dealkylation sites (N-methyl/N-ethyl adjacent to an activating group) is 1. The second-order valence-corrected chi connectivity index (χ2v) is 9.44. The van der Waals surface area contributed by atoms with Crippen LogP contribution in [-0.2, 0) is 16.1 Å². The minimum atomic E-state index is -0.793. The zero-order valence-electron chi connectivity index (χ0n) is 19.1.